The molecule has 140 valence electrons. The van der Waals surface area contributed by atoms with Gasteiger partial charge in [-0.2, -0.15) is 5.26 Å². The Bertz CT molecular complexity index is 1360. The second kappa shape index (κ2) is 6.48. The van der Waals surface area contributed by atoms with Gasteiger partial charge in [-0.1, -0.05) is 29.3 Å². The Kier molecular flexibility index (Phi) is 4.22. The fourth-order valence-corrected chi connectivity index (χ4v) is 4.54. The maximum atomic E-state index is 13.4. The second-order valence-electron chi connectivity index (χ2n) is 6.22. The summed E-state index contributed by atoms with van der Waals surface area (Å²) < 4.78 is 33.5. The van der Waals surface area contributed by atoms with Gasteiger partial charge < -0.3 is 4.42 Å². The molecule has 1 aromatic carbocycles. The SMILES string of the molecule is Cc1ccc(S(=O)(=O)n2c(-c3ncc(C)o3)cc3c(Cl)c(C#N)cnc32)cc1. The van der Waals surface area contributed by atoms with E-state index in [2.05, 4.69) is 9.97 Å². The number of benzene rings is 1. The van der Waals surface area contributed by atoms with Gasteiger partial charge >= 0.3 is 0 Å². The minimum absolute atomic E-state index is 0.0856. The summed E-state index contributed by atoms with van der Waals surface area (Å²) in [7, 11) is -4.03. The molecule has 4 rings (SSSR count). The predicted octanol–water partition coefficient (Wildman–Crippen LogP) is 4.07. The normalized spacial score (nSPS) is 11.6. The van der Waals surface area contributed by atoms with Crippen molar-refractivity contribution in [2.24, 2.45) is 0 Å². The quantitative estimate of drug-likeness (QED) is 0.502. The Morgan fingerprint density at radius 3 is 2.46 bits per heavy atom. The van der Waals surface area contributed by atoms with Crippen LogP contribution >= 0.6 is 11.6 Å². The first-order valence-corrected chi connectivity index (χ1v) is 10.00. The van der Waals surface area contributed by atoms with Crippen molar-refractivity contribution in [3.8, 4) is 17.7 Å². The monoisotopic (exact) mass is 412 g/mol. The van der Waals surface area contributed by atoms with Crippen LogP contribution in [-0.2, 0) is 10.0 Å². The molecule has 0 aliphatic carbocycles. The summed E-state index contributed by atoms with van der Waals surface area (Å²) in [6.07, 6.45) is 2.74. The van der Waals surface area contributed by atoms with Crippen molar-refractivity contribution in [2.75, 3.05) is 0 Å². The molecule has 0 amide bonds. The number of halogens is 1. The number of pyridine rings is 1. The molecular formula is C19H13ClN4O3S. The number of rotatable bonds is 3. The van der Waals surface area contributed by atoms with Gasteiger partial charge in [-0.3, -0.25) is 0 Å². The molecule has 7 nitrogen and oxygen atoms in total. The average molecular weight is 413 g/mol. The minimum atomic E-state index is -4.03. The largest absolute Gasteiger partial charge is 0.440 e. The third-order valence-electron chi connectivity index (χ3n) is 4.24. The molecule has 3 aromatic heterocycles. The number of nitriles is 1. The van der Waals surface area contributed by atoms with Crippen LogP contribution in [0.2, 0.25) is 5.02 Å². The molecule has 0 saturated carbocycles. The number of aryl methyl sites for hydroxylation is 2. The fourth-order valence-electron chi connectivity index (χ4n) is 2.85. The topological polar surface area (TPSA) is 102 Å². The molecule has 0 unspecified atom stereocenters. The van der Waals surface area contributed by atoms with Crippen LogP contribution in [0.5, 0.6) is 0 Å². The maximum Gasteiger partial charge on any atom is 0.270 e. The van der Waals surface area contributed by atoms with Crippen LogP contribution < -0.4 is 0 Å². The standard InChI is InChI=1S/C19H13ClN4O3S/c1-11-3-5-14(6-4-11)28(25,26)24-16(19-23-9-12(2)27-19)7-15-17(20)13(8-21)10-22-18(15)24/h3-7,9-10H,1-2H3. The lowest BCUT2D eigenvalue weighted by Crippen LogP contribution is -2.15. The van der Waals surface area contributed by atoms with Gasteiger partial charge in [-0.25, -0.2) is 22.4 Å². The Hall–Kier alpha value is -3.15. The highest BCUT2D eigenvalue weighted by atomic mass is 35.5. The van der Waals surface area contributed by atoms with Crippen LogP contribution in [0.15, 0.2) is 52.0 Å². The summed E-state index contributed by atoms with van der Waals surface area (Å²) in [5.74, 6) is 0.636. The zero-order valence-corrected chi connectivity index (χ0v) is 16.4. The van der Waals surface area contributed by atoms with Gasteiger partial charge in [0.2, 0.25) is 5.89 Å². The van der Waals surface area contributed by atoms with Crippen LogP contribution in [0.4, 0.5) is 0 Å². The van der Waals surface area contributed by atoms with E-state index in [1.807, 2.05) is 13.0 Å². The summed E-state index contributed by atoms with van der Waals surface area (Å²) in [6, 6.07) is 9.92. The number of hydrogen-bond donors (Lipinski definition) is 0. The van der Waals surface area contributed by atoms with Gasteiger partial charge in [0.25, 0.3) is 10.0 Å². The van der Waals surface area contributed by atoms with Gasteiger partial charge in [0.05, 0.1) is 21.7 Å². The molecule has 28 heavy (non-hydrogen) atoms. The first kappa shape index (κ1) is 18.2. The Labute approximate surface area is 165 Å². The molecule has 0 fully saturated rings. The summed E-state index contributed by atoms with van der Waals surface area (Å²) in [5, 5.41) is 9.65. The van der Waals surface area contributed by atoms with Crippen molar-refractivity contribution in [1.29, 1.82) is 5.26 Å². The molecule has 0 spiro atoms. The maximum absolute atomic E-state index is 13.4. The van der Waals surface area contributed by atoms with Crippen LogP contribution in [0, 0.1) is 25.2 Å². The van der Waals surface area contributed by atoms with E-state index in [1.165, 1.54) is 30.6 Å². The number of oxazole rings is 1. The van der Waals surface area contributed by atoms with E-state index >= 15 is 0 Å². The van der Waals surface area contributed by atoms with Crippen molar-refractivity contribution in [2.45, 2.75) is 18.7 Å². The van der Waals surface area contributed by atoms with Crippen LogP contribution in [-0.4, -0.2) is 22.4 Å². The Balaban J connectivity index is 2.10. The van der Waals surface area contributed by atoms with E-state index in [0.29, 0.717) is 11.1 Å². The molecular weight excluding hydrogens is 400 g/mol. The summed E-state index contributed by atoms with van der Waals surface area (Å²) in [5.41, 5.74) is 1.34. The van der Waals surface area contributed by atoms with Crippen LogP contribution in [0.25, 0.3) is 22.6 Å². The van der Waals surface area contributed by atoms with Crippen molar-refractivity contribution in [1.82, 2.24) is 13.9 Å². The number of hydrogen-bond acceptors (Lipinski definition) is 6. The summed E-state index contributed by atoms with van der Waals surface area (Å²) in [6.45, 7) is 3.57. The lowest BCUT2D eigenvalue weighted by atomic mass is 10.2. The Morgan fingerprint density at radius 1 is 1.14 bits per heavy atom. The van der Waals surface area contributed by atoms with Crippen molar-refractivity contribution >= 4 is 32.7 Å². The zero-order chi connectivity index (χ0) is 20.1. The molecule has 3 heterocycles. The summed E-state index contributed by atoms with van der Waals surface area (Å²) in [4.78, 5) is 8.42. The molecule has 0 N–H and O–H groups in total. The van der Waals surface area contributed by atoms with E-state index in [1.54, 1.807) is 19.1 Å². The molecule has 0 radical (unpaired) electrons. The van der Waals surface area contributed by atoms with Gasteiger partial charge in [0, 0.05) is 11.6 Å². The third-order valence-corrected chi connectivity index (χ3v) is 6.37. The highest BCUT2D eigenvalue weighted by molar-refractivity contribution is 7.90. The smallest absolute Gasteiger partial charge is 0.270 e. The fraction of sp³-hybridized carbons (Fsp3) is 0.105. The van der Waals surface area contributed by atoms with Crippen molar-refractivity contribution in [3.05, 3.63) is 64.6 Å². The van der Waals surface area contributed by atoms with Gasteiger partial charge in [0.1, 0.15) is 17.5 Å². The van der Waals surface area contributed by atoms with Crippen LogP contribution in [0.3, 0.4) is 0 Å². The Morgan fingerprint density at radius 2 is 1.86 bits per heavy atom. The molecule has 0 atom stereocenters. The molecule has 0 aliphatic heterocycles. The van der Waals surface area contributed by atoms with Gasteiger partial charge in [-0.05, 0) is 32.0 Å². The van der Waals surface area contributed by atoms with Gasteiger partial charge in [0.15, 0.2) is 5.65 Å². The molecule has 0 aliphatic rings. The van der Waals surface area contributed by atoms with Crippen LogP contribution in [0.1, 0.15) is 16.9 Å². The molecule has 9 heteroatoms. The zero-order valence-electron chi connectivity index (χ0n) is 14.8. The number of fused-ring (bicyclic) bond motifs is 1. The van der Waals surface area contributed by atoms with Crippen molar-refractivity contribution < 1.29 is 12.8 Å². The highest BCUT2D eigenvalue weighted by Crippen LogP contribution is 2.35. The van der Waals surface area contributed by atoms with E-state index in [0.717, 1.165) is 9.54 Å². The molecule has 4 aromatic rings. The number of nitrogens with zero attached hydrogens (tertiary/aromatic N) is 4. The van der Waals surface area contributed by atoms with Crippen molar-refractivity contribution in [3.63, 3.8) is 0 Å². The lowest BCUT2D eigenvalue weighted by molar-refractivity contribution is 0.538. The van der Waals surface area contributed by atoms with E-state index in [-0.39, 0.29) is 32.7 Å². The first-order chi connectivity index (χ1) is 13.3. The van der Waals surface area contributed by atoms with E-state index < -0.39 is 10.0 Å². The predicted molar refractivity (Wildman–Crippen MR) is 103 cm³/mol. The summed E-state index contributed by atoms with van der Waals surface area (Å²) >= 11 is 6.31. The lowest BCUT2D eigenvalue weighted by Gasteiger charge is -2.10. The number of aromatic nitrogens is 3. The second-order valence-corrected chi connectivity index (χ2v) is 8.39. The first-order valence-electron chi connectivity index (χ1n) is 8.18. The van der Waals surface area contributed by atoms with E-state index in [4.69, 9.17) is 16.0 Å². The van der Waals surface area contributed by atoms with Gasteiger partial charge in [-0.15, -0.1) is 0 Å². The average Bonchev–Trinajstić information content (AvgIpc) is 3.26. The highest BCUT2D eigenvalue weighted by Gasteiger charge is 2.28. The third kappa shape index (κ3) is 2.76. The van der Waals surface area contributed by atoms with E-state index in [9.17, 15) is 13.7 Å². The molecule has 0 saturated heterocycles. The molecule has 0 bridgehead atoms. The minimum Gasteiger partial charge on any atom is -0.440 e.